The summed E-state index contributed by atoms with van der Waals surface area (Å²) in [6, 6.07) is 11.8. The van der Waals surface area contributed by atoms with E-state index >= 15 is 0 Å². The fourth-order valence-electron chi connectivity index (χ4n) is 4.80. The van der Waals surface area contributed by atoms with E-state index in [0.717, 1.165) is 19.3 Å². The minimum Gasteiger partial charge on any atom is -0.341 e. The van der Waals surface area contributed by atoms with Gasteiger partial charge in [-0.15, -0.1) is 0 Å². The molecule has 0 bridgehead atoms. The maximum atomic E-state index is 13.6. The van der Waals surface area contributed by atoms with Crippen LogP contribution in [0.2, 0.25) is 5.02 Å². The third kappa shape index (κ3) is 5.58. The molecule has 2 fully saturated rings. The fraction of sp³-hybridized carbons (Fsp3) is 0.423. The molecule has 4 rings (SSSR count). The van der Waals surface area contributed by atoms with Gasteiger partial charge in [0.15, 0.2) is 0 Å². The van der Waals surface area contributed by atoms with Crippen molar-refractivity contribution >= 4 is 29.3 Å². The number of carbonyl (C=O) groups is 3. The van der Waals surface area contributed by atoms with Gasteiger partial charge in [-0.2, -0.15) is 0 Å². The topological polar surface area (TPSA) is 69.7 Å². The Hall–Kier alpha value is -2.93. The van der Waals surface area contributed by atoms with E-state index in [2.05, 4.69) is 5.32 Å². The third-order valence-electron chi connectivity index (χ3n) is 6.71. The molecule has 8 heteroatoms. The first-order valence-corrected chi connectivity index (χ1v) is 12.2. The molecule has 0 aliphatic carbocycles. The highest BCUT2D eigenvalue weighted by Crippen LogP contribution is 2.25. The number of amides is 3. The molecule has 180 valence electrons. The quantitative estimate of drug-likeness (QED) is 0.692. The average Bonchev–Trinajstić information content (AvgIpc) is 2.87. The second-order valence-electron chi connectivity index (χ2n) is 8.96. The highest BCUT2D eigenvalue weighted by molar-refractivity contribution is 6.33. The van der Waals surface area contributed by atoms with Crippen molar-refractivity contribution in [3.63, 3.8) is 0 Å². The Labute approximate surface area is 204 Å². The normalized spacial score (nSPS) is 17.8. The van der Waals surface area contributed by atoms with Crippen LogP contribution in [0.3, 0.4) is 0 Å². The first-order valence-electron chi connectivity index (χ1n) is 11.8. The van der Waals surface area contributed by atoms with Crippen molar-refractivity contribution in [3.05, 3.63) is 70.5 Å². The van der Waals surface area contributed by atoms with Gasteiger partial charge in [0, 0.05) is 31.7 Å². The third-order valence-corrected chi connectivity index (χ3v) is 7.04. The summed E-state index contributed by atoms with van der Waals surface area (Å²) in [6.07, 6.45) is 4.14. The summed E-state index contributed by atoms with van der Waals surface area (Å²) in [5, 5.41) is 3.29. The van der Waals surface area contributed by atoms with Crippen molar-refractivity contribution in [3.8, 4) is 0 Å². The zero-order chi connectivity index (χ0) is 24.1. The Balaban J connectivity index is 1.47. The monoisotopic (exact) mass is 485 g/mol. The van der Waals surface area contributed by atoms with E-state index in [1.807, 2.05) is 4.90 Å². The Bertz CT molecular complexity index is 1050. The van der Waals surface area contributed by atoms with E-state index in [0.29, 0.717) is 55.2 Å². The Morgan fingerprint density at radius 2 is 1.62 bits per heavy atom. The van der Waals surface area contributed by atoms with Crippen LogP contribution >= 0.6 is 11.6 Å². The second-order valence-corrected chi connectivity index (χ2v) is 9.36. The highest BCUT2D eigenvalue weighted by atomic mass is 35.5. The molecular formula is C26H29ClFN3O3. The Morgan fingerprint density at radius 3 is 2.29 bits per heavy atom. The number of carbonyl (C=O) groups excluding carboxylic acids is 3. The highest BCUT2D eigenvalue weighted by Gasteiger charge is 2.36. The molecule has 1 atom stereocenters. The van der Waals surface area contributed by atoms with Crippen LogP contribution in [-0.2, 0) is 4.79 Å². The maximum Gasteiger partial charge on any atom is 0.253 e. The summed E-state index contributed by atoms with van der Waals surface area (Å²) in [6.45, 7) is 2.25. The van der Waals surface area contributed by atoms with Gasteiger partial charge in [0.05, 0.1) is 10.6 Å². The van der Waals surface area contributed by atoms with Gasteiger partial charge in [0.2, 0.25) is 5.91 Å². The van der Waals surface area contributed by atoms with Crippen LogP contribution in [0.1, 0.15) is 52.8 Å². The Morgan fingerprint density at radius 1 is 0.912 bits per heavy atom. The van der Waals surface area contributed by atoms with Gasteiger partial charge in [-0.25, -0.2) is 4.39 Å². The number of piperidine rings is 2. The van der Waals surface area contributed by atoms with Crippen LogP contribution in [0.4, 0.5) is 4.39 Å². The molecule has 0 saturated carbocycles. The van der Waals surface area contributed by atoms with Crippen molar-refractivity contribution in [1.29, 1.82) is 0 Å². The first-order chi connectivity index (χ1) is 16.4. The predicted octanol–water partition coefficient (Wildman–Crippen LogP) is 4.14. The van der Waals surface area contributed by atoms with Gasteiger partial charge in [0.25, 0.3) is 11.8 Å². The average molecular weight is 486 g/mol. The second kappa shape index (κ2) is 11.0. The molecule has 2 aromatic rings. The number of halogens is 2. The summed E-state index contributed by atoms with van der Waals surface area (Å²) >= 11 is 6.21. The van der Waals surface area contributed by atoms with Crippen molar-refractivity contribution in [2.24, 2.45) is 5.92 Å². The van der Waals surface area contributed by atoms with Crippen LogP contribution in [0.15, 0.2) is 48.5 Å². The van der Waals surface area contributed by atoms with Gasteiger partial charge in [0.1, 0.15) is 11.9 Å². The van der Waals surface area contributed by atoms with Crippen LogP contribution in [-0.4, -0.2) is 59.7 Å². The smallest absolute Gasteiger partial charge is 0.253 e. The zero-order valence-corrected chi connectivity index (χ0v) is 19.8. The van der Waals surface area contributed by atoms with Crippen LogP contribution < -0.4 is 5.32 Å². The summed E-state index contributed by atoms with van der Waals surface area (Å²) in [7, 11) is 0. The van der Waals surface area contributed by atoms with Crippen LogP contribution in [0, 0.1) is 11.7 Å². The molecule has 0 radical (unpaired) electrons. The largest absolute Gasteiger partial charge is 0.341 e. The van der Waals surface area contributed by atoms with Gasteiger partial charge in [-0.05, 0) is 68.4 Å². The van der Waals surface area contributed by atoms with Crippen LogP contribution in [0.25, 0.3) is 0 Å². The molecule has 1 unspecified atom stereocenters. The van der Waals surface area contributed by atoms with Gasteiger partial charge >= 0.3 is 0 Å². The van der Waals surface area contributed by atoms with Crippen molar-refractivity contribution < 1.29 is 18.8 Å². The van der Waals surface area contributed by atoms with E-state index in [4.69, 9.17) is 11.6 Å². The lowest BCUT2D eigenvalue weighted by Crippen LogP contribution is -2.55. The molecule has 1 N–H and O–H groups in total. The van der Waals surface area contributed by atoms with Crippen molar-refractivity contribution in [2.45, 2.75) is 38.1 Å². The standard InChI is InChI=1S/C26H29ClFN3O3/c27-22-10-3-2-9-21(22)24(32)29-23(26(34)30-13-4-1-5-14-30)18-11-15-31(16-12-18)25(33)19-7-6-8-20(28)17-19/h2-3,6-10,17-18,23H,1,4-5,11-16H2,(H,29,32). The molecule has 0 aromatic heterocycles. The number of rotatable bonds is 5. The molecule has 2 aliphatic rings. The van der Waals surface area contributed by atoms with E-state index in [9.17, 15) is 18.8 Å². The lowest BCUT2D eigenvalue weighted by molar-refractivity contribution is -0.136. The molecule has 6 nitrogen and oxygen atoms in total. The molecule has 2 heterocycles. The van der Waals surface area contributed by atoms with Gasteiger partial charge in [-0.3, -0.25) is 14.4 Å². The zero-order valence-electron chi connectivity index (χ0n) is 19.0. The fourth-order valence-corrected chi connectivity index (χ4v) is 5.02. The lowest BCUT2D eigenvalue weighted by atomic mass is 9.87. The van der Waals surface area contributed by atoms with Gasteiger partial charge in [-0.1, -0.05) is 29.8 Å². The number of hydrogen-bond acceptors (Lipinski definition) is 3. The van der Waals surface area contributed by atoms with Crippen molar-refractivity contribution in [2.75, 3.05) is 26.2 Å². The molecule has 3 amide bonds. The molecule has 0 spiro atoms. The lowest BCUT2D eigenvalue weighted by Gasteiger charge is -2.38. The summed E-state index contributed by atoms with van der Waals surface area (Å²) in [4.78, 5) is 42.8. The van der Waals surface area contributed by atoms with Gasteiger partial charge < -0.3 is 15.1 Å². The summed E-state index contributed by atoms with van der Waals surface area (Å²) < 4.78 is 13.6. The SMILES string of the molecule is O=C(NC(C(=O)N1CCCCC1)C1CCN(C(=O)c2cccc(F)c2)CC1)c1ccccc1Cl. The van der Waals surface area contributed by atoms with Crippen molar-refractivity contribution in [1.82, 2.24) is 15.1 Å². The number of nitrogens with zero attached hydrogens (tertiary/aromatic N) is 2. The van der Waals surface area contributed by atoms with Crippen LogP contribution in [0.5, 0.6) is 0 Å². The van der Waals surface area contributed by atoms with E-state index in [1.54, 1.807) is 35.2 Å². The van der Waals surface area contributed by atoms with E-state index in [-0.39, 0.29) is 23.6 Å². The molecule has 2 aliphatic heterocycles. The minimum atomic E-state index is -0.687. The molecular weight excluding hydrogens is 457 g/mol. The van der Waals surface area contributed by atoms with E-state index < -0.39 is 11.9 Å². The predicted molar refractivity (Wildman–Crippen MR) is 128 cm³/mol. The Kier molecular flexibility index (Phi) is 7.83. The molecule has 34 heavy (non-hydrogen) atoms. The minimum absolute atomic E-state index is 0.0741. The molecule has 2 saturated heterocycles. The number of benzene rings is 2. The number of hydrogen-bond donors (Lipinski definition) is 1. The maximum absolute atomic E-state index is 13.6. The number of likely N-dealkylation sites (tertiary alicyclic amines) is 2. The summed E-state index contributed by atoms with van der Waals surface area (Å²) in [5.74, 6) is -1.24. The first kappa shape index (κ1) is 24.2. The summed E-state index contributed by atoms with van der Waals surface area (Å²) in [5.41, 5.74) is 0.644. The molecule has 2 aromatic carbocycles. The number of nitrogens with one attached hydrogen (secondary N) is 1. The van der Waals surface area contributed by atoms with E-state index in [1.165, 1.54) is 18.2 Å².